The molecule has 1 amide bonds. The molecule has 3 aromatic rings. The van der Waals surface area contributed by atoms with Crippen molar-refractivity contribution in [2.75, 3.05) is 13.1 Å². The number of hydrogen-bond donors (Lipinski definition) is 0. The van der Waals surface area contributed by atoms with Crippen LogP contribution >= 0.6 is 11.8 Å². The van der Waals surface area contributed by atoms with Gasteiger partial charge in [0, 0.05) is 31.0 Å². The van der Waals surface area contributed by atoms with E-state index in [0.717, 1.165) is 60.0 Å². The number of carbonyl (C=O) groups is 1. The molecule has 0 spiro atoms. The number of thioether (sulfide) groups is 1. The van der Waals surface area contributed by atoms with Gasteiger partial charge in [-0.1, -0.05) is 42.1 Å². The fourth-order valence-corrected chi connectivity index (χ4v) is 4.44. The zero-order valence-corrected chi connectivity index (χ0v) is 16.1. The van der Waals surface area contributed by atoms with Crippen LogP contribution in [0, 0.1) is 0 Å². The minimum absolute atomic E-state index is 0.152. The van der Waals surface area contributed by atoms with Crippen molar-refractivity contribution in [3.63, 3.8) is 0 Å². The Morgan fingerprint density at radius 3 is 2.59 bits per heavy atom. The summed E-state index contributed by atoms with van der Waals surface area (Å²) in [5.74, 6) is 0.970. The average molecular weight is 378 g/mol. The Labute approximate surface area is 163 Å². The molecular weight excluding hydrogens is 354 g/mol. The highest BCUT2D eigenvalue weighted by Gasteiger charge is 2.19. The second kappa shape index (κ2) is 8.01. The highest BCUT2D eigenvalue weighted by Crippen LogP contribution is 2.27. The maximum Gasteiger partial charge on any atom is 0.253 e. The molecule has 0 atom stereocenters. The van der Waals surface area contributed by atoms with E-state index in [9.17, 15) is 4.79 Å². The number of amides is 1. The van der Waals surface area contributed by atoms with Gasteiger partial charge >= 0.3 is 0 Å². The summed E-state index contributed by atoms with van der Waals surface area (Å²) in [5.41, 5.74) is 4.11. The minimum atomic E-state index is 0.152. The van der Waals surface area contributed by atoms with E-state index in [4.69, 9.17) is 4.98 Å². The van der Waals surface area contributed by atoms with Gasteiger partial charge in [0.2, 0.25) is 0 Å². The number of imidazole rings is 1. The van der Waals surface area contributed by atoms with Crippen molar-refractivity contribution in [2.24, 2.45) is 0 Å². The lowest BCUT2D eigenvalue weighted by atomic mass is 10.1. The van der Waals surface area contributed by atoms with Crippen LogP contribution < -0.4 is 0 Å². The van der Waals surface area contributed by atoms with Gasteiger partial charge in [-0.05, 0) is 42.7 Å². The van der Waals surface area contributed by atoms with Crippen LogP contribution in [0.3, 0.4) is 0 Å². The topological polar surface area (TPSA) is 38.1 Å². The van der Waals surface area contributed by atoms with E-state index in [-0.39, 0.29) is 5.91 Å². The number of likely N-dealkylation sites (tertiary alicyclic amines) is 1. The first-order chi connectivity index (χ1) is 13.3. The lowest BCUT2D eigenvalue weighted by molar-refractivity contribution is 0.0793. The molecule has 2 aromatic carbocycles. The zero-order chi connectivity index (χ0) is 18.6. The summed E-state index contributed by atoms with van der Waals surface area (Å²) >= 11 is 1.71. The van der Waals surface area contributed by atoms with Crippen LogP contribution in [0.4, 0.5) is 0 Å². The van der Waals surface area contributed by atoms with Crippen molar-refractivity contribution in [3.8, 4) is 0 Å². The summed E-state index contributed by atoms with van der Waals surface area (Å²) in [6, 6.07) is 16.2. The van der Waals surface area contributed by atoms with Gasteiger partial charge < -0.3 is 9.47 Å². The maximum atomic E-state index is 12.5. The van der Waals surface area contributed by atoms with Crippen LogP contribution in [0.5, 0.6) is 0 Å². The molecule has 4 nitrogen and oxygen atoms in total. The molecule has 5 heteroatoms. The summed E-state index contributed by atoms with van der Waals surface area (Å²) in [6.07, 6.45) is 4.13. The van der Waals surface area contributed by atoms with Crippen LogP contribution in [0.1, 0.15) is 28.8 Å². The van der Waals surface area contributed by atoms with Crippen molar-refractivity contribution < 1.29 is 4.79 Å². The molecule has 138 valence electrons. The number of carbonyl (C=O) groups excluding carboxylic acids is 1. The van der Waals surface area contributed by atoms with Gasteiger partial charge in [0.25, 0.3) is 5.91 Å². The molecular formula is C22H23N3OS. The third-order valence-corrected chi connectivity index (χ3v) is 5.94. The van der Waals surface area contributed by atoms with E-state index in [2.05, 4.69) is 29.3 Å². The maximum absolute atomic E-state index is 12.5. The zero-order valence-electron chi connectivity index (χ0n) is 15.3. The Bertz CT molecular complexity index is 955. The molecule has 1 aliphatic rings. The molecule has 1 fully saturated rings. The largest absolute Gasteiger partial charge is 0.339 e. The number of benzene rings is 2. The van der Waals surface area contributed by atoms with Crippen molar-refractivity contribution in [3.05, 3.63) is 72.3 Å². The van der Waals surface area contributed by atoms with Crippen LogP contribution in [0.15, 0.2) is 66.3 Å². The van der Waals surface area contributed by atoms with E-state index in [1.54, 1.807) is 11.8 Å². The fraction of sp³-hybridized carbons (Fsp3) is 0.273. The molecule has 0 saturated carbocycles. The number of allylic oxidation sites excluding steroid dienone is 1. The minimum Gasteiger partial charge on any atom is -0.339 e. The van der Waals surface area contributed by atoms with Crippen LogP contribution in [0.2, 0.25) is 0 Å². The molecule has 0 unspecified atom stereocenters. The molecule has 1 aliphatic heterocycles. The first-order valence-corrected chi connectivity index (χ1v) is 10.3. The van der Waals surface area contributed by atoms with Gasteiger partial charge in [0.05, 0.1) is 11.0 Å². The smallest absolute Gasteiger partial charge is 0.253 e. The Balaban J connectivity index is 1.47. The average Bonchev–Trinajstić information content (AvgIpc) is 3.35. The van der Waals surface area contributed by atoms with Crippen molar-refractivity contribution >= 4 is 28.7 Å². The molecule has 2 heterocycles. The number of hydrogen-bond acceptors (Lipinski definition) is 3. The van der Waals surface area contributed by atoms with Crippen molar-refractivity contribution in [2.45, 2.75) is 30.3 Å². The third-order valence-electron chi connectivity index (χ3n) is 4.89. The Hall–Kier alpha value is -2.53. The molecule has 0 radical (unpaired) electrons. The van der Waals surface area contributed by atoms with E-state index in [1.807, 2.05) is 41.3 Å². The molecule has 27 heavy (non-hydrogen) atoms. The first kappa shape index (κ1) is 17.9. The van der Waals surface area contributed by atoms with E-state index >= 15 is 0 Å². The molecule has 0 bridgehead atoms. The van der Waals surface area contributed by atoms with E-state index < -0.39 is 0 Å². The third kappa shape index (κ3) is 3.78. The molecule has 0 aliphatic carbocycles. The Kier molecular flexibility index (Phi) is 5.30. The molecule has 4 rings (SSSR count). The normalized spacial score (nSPS) is 14.0. The highest BCUT2D eigenvalue weighted by molar-refractivity contribution is 7.98. The van der Waals surface area contributed by atoms with Gasteiger partial charge in [-0.3, -0.25) is 4.79 Å². The number of para-hydroxylation sites is 2. The molecule has 1 saturated heterocycles. The summed E-state index contributed by atoms with van der Waals surface area (Å²) in [6.45, 7) is 6.38. The fourth-order valence-electron chi connectivity index (χ4n) is 3.46. The number of fused-ring (bicyclic) bond motifs is 1. The van der Waals surface area contributed by atoms with E-state index in [1.165, 1.54) is 5.56 Å². The summed E-state index contributed by atoms with van der Waals surface area (Å²) in [7, 11) is 0. The lowest BCUT2D eigenvalue weighted by Crippen LogP contribution is -2.27. The number of aromatic nitrogens is 2. The van der Waals surface area contributed by atoms with E-state index in [0.29, 0.717) is 0 Å². The second-order valence-electron chi connectivity index (χ2n) is 6.77. The molecule has 1 aromatic heterocycles. The van der Waals surface area contributed by atoms with Gasteiger partial charge in [-0.2, -0.15) is 0 Å². The van der Waals surface area contributed by atoms with Crippen LogP contribution in [-0.4, -0.2) is 33.4 Å². The van der Waals surface area contributed by atoms with Gasteiger partial charge in [-0.15, -0.1) is 6.58 Å². The monoisotopic (exact) mass is 377 g/mol. The second-order valence-corrected chi connectivity index (χ2v) is 7.71. The SMILES string of the molecule is C=CCn1c(SCc2ccc(C(=O)N3CCCC3)cc2)nc2ccccc21. The van der Waals surface area contributed by atoms with Crippen molar-refractivity contribution in [1.29, 1.82) is 0 Å². The van der Waals surface area contributed by atoms with Crippen molar-refractivity contribution in [1.82, 2.24) is 14.5 Å². The van der Waals surface area contributed by atoms with Crippen LogP contribution in [-0.2, 0) is 12.3 Å². The number of rotatable bonds is 6. The Morgan fingerprint density at radius 2 is 1.85 bits per heavy atom. The summed E-state index contributed by atoms with van der Waals surface area (Å²) in [5, 5.41) is 0.994. The predicted octanol–water partition coefficient (Wildman–Crippen LogP) is 4.75. The molecule has 0 N–H and O–H groups in total. The van der Waals surface area contributed by atoms with Gasteiger partial charge in [0.1, 0.15) is 0 Å². The summed E-state index contributed by atoms with van der Waals surface area (Å²) < 4.78 is 2.19. The predicted molar refractivity (Wildman–Crippen MR) is 111 cm³/mol. The van der Waals surface area contributed by atoms with Gasteiger partial charge in [-0.25, -0.2) is 4.98 Å². The number of nitrogens with zero attached hydrogens (tertiary/aromatic N) is 3. The summed E-state index contributed by atoms with van der Waals surface area (Å²) in [4.78, 5) is 19.2. The highest BCUT2D eigenvalue weighted by atomic mass is 32.2. The Morgan fingerprint density at radius 1 is 1.11 bits per heavy atom. The van der Waals surface area contributed by atoms with Crippen LogP contribution in [0.25, 0.3) is 11.0 Å². The van der Waals surface area contributed by atoms with Gasteiger partial charge in [0.15, 0.2) is 5.16 Å². The quantitative estimate of drug-likeness (QED) is 0.460. The first-order valence-electron chi connectivity index (χ1n) is 9.33. The lowest BCUT2D eigenvalue weighted by Gasteiger charge is -2.15. The standard InChI is InChI=1S/C22H23N3OS/c1-2-13-25-20-8-4-3-7-19(20)23-22(25)27-16-17-9-11-18(12-10-17)21(26)24-14-5-6-15-24/h2-4,7-12H,1,5-6,13-16H2.